The van der Waals surface area contributed by atoms with Gasteiger partial charge in [0.25, 0.3) is 0 Å². The minimum absolute atomic E-state index is 0. The number of hydrogen-bond donors (Lipinski definition) is 0. The average Bonchev–Trinajstić information content (AvgIpc) is 2.69. The van der Waals surface area contributed by atoms with E-state index in [4.69, 9.17) is 0 Å². The van der Waals surface area contributed by atoms with Gasteiger partial charge in [0, 0.05) is 11.1 Å². The molecule has 0 N–H and O–H groups in total. The zero-order valence-electron chi connectivity index (χ0n) is 18.7. The van der Waals surface area contributed by atoms with E-state index < -0.39 is 6.15 Å². The summed E-state index contributed by atoms with van der Waals surface area (Å²) in [7, 11) is 0. The van der Waals surface area contributed by atoms with Crippen molar-refractivity contribution >= 4 is 6.15 Å². The second kappa shape index (κ2) is 11.3. The Hall–Kier alpha value is -1.78. The molecule has 0 aromatic heterocycles. The minimum atomic E-state index is -1.19. The average molecular weight is 362 g/mol. The van der Waals surface area contributed by atoms with Gasteiger partial charge in [-0.2, -0.15) is 0 Å². The van der Waals surface area contributed by atoms with E-state index >= 15 is 0 Å². The molecule has 0 radical (unpaired) electrons. The smallest absolute Gasteiger partial charge is 0.293 e. The summed E-state index contributed by atoms with van der Waals surface area (Å²) < 4.78 is 0. The fourth-order valence-electron chi connectivity index (χ4n) is 3.70. The third-order valence-electron chi connectivity index (χ3n) is 6.22. The van der Waals surface area contributed by atoms with Crippen LogP contribution < -0.4 is 18.9 Å². The Kier molecular flexibility index (Phi) is 9.77. The van der Waals surface area contributed by atoms with E-state index in [0.29, 0.717) is 23.5 Å². The van der Waals surface area contributed by atoms with Crippen LogP contribution in [0.3, 0.4) is 0 Å². The van der Waals surface area contributed by atoms with E-state index in [1.165, 1.54) is 0 Å². The summed E-state index contributed by atoms with van der Waals surface area (Å²) in [5, 5.41) is 0. The molecule has 0 amide bonds. The molecule has 0 aliphatic carbocycles. The molecule has 2 unspecified atom stereocenters. The van der Waals surface area contributed by atoms with Crippen molar-refractivity contribution in [1.82, 2.24) is 0 Å². The molecule has 140 valence electrons. The molecular weight excluding hydrogens is 330 g/mol. The molecule has 2 heteroatoms. The Balaban J connectivity index is 0.00000392. The van der Waals surface area contributed by atoms with Crippen molar-refractivity contribution < 1.29 is 18.9 Å². The van der Waals surface area contributed by atoms with Gasteiger partial charge in [-0.3, -0.25) is 11.6 Å². The summed E-state index contributed by atoms with van der Waals surface area (Å²) in [5.74, 6) is 16.3. The van der Waals surface area contributed by atoms with Crippen LogP contribution in [0.25, 0.3) is 0 Å². The molecule has 0 spiro atoms. The van der Waals surface area contributed by atoms with Crippen molar-refractivity contribution in [3.63, 3.8) is 0 Å². The van der Waals surface area contributed by atoms with Gasteiger partial charge in [0.2, 0.25) is 0 Å². The Morgan fingerprint density at radius 3 is 1.18 bits per heavy atom. The standard InChI is InChI=1S/C26H32B.Li/c1-21(2)23(5)27(24(6)22(3)4,19-17-25-13-9-7-10-14-25)20-18-26-15-11-8-12-16-26;/h7-16,21-24H,1-6H3;/q-1;+1. The minimum Gasteiger partial charge on any atom is -0.293 e. The largest absolute Gasteiger partial charge is 1.00 e. The molecule has 0 saturated heterocycles. The Bertz CT molecular complexity index is 758. The van der Waals surface area contributed by atoms with Gasteiger partial charge in [-0.1, -0.05) is 89.8 Å². The Morgan fingerprint density at radius 1 is 0.571 bits per heavy atom. The summed E-state index contributed by atoms with van der Waals surface area (Å²) in [4.78, 5) is 0. The third kappa shape index (κ3) is 6.11. The first-order chi connectivity index (χ1) is 12.9. The van der Waals surface area contributed by atoms with E-state index in [1.54, 1.807) is 0 Å². The summed E-state index contributed by atoms with van der Waals surface area (Å²) in [5.41, 5.74) is 2.13. The van der Waals surface area contributed by atoms with Crippen LogP contribution in [0, 0.1) is 35.3 Å². The molecule has 0 fully saturated rings. The summed E-state index contributed by atoms with van der Waals surface area (Å²) in [6, 6.07) is 20.6. The first kappa shape index (κ1) is 24.3. The zero-order chi connectivity index (χ0) is 19.9. The normalized spacial score (nSPS) is 12.9. The predicted molar refractivity (Wildman–Crippen MR) is 121 cm³/mol. The number of rotatable bonds is 4. The molecule has 2 rings (SSSR count). The van der Waals surface area contributed by atoms with E-state index in [-0.39, 0.29) is 18.9 Å². The van der Waals surface area contributed by atoms with Gasteiger partial charge in [0.15, 0.2) is 0 Å². The predicted octanol–water partition coefficient (Wildman–Crippen LogP) is 3.71. The molecule has 0 saturated carbocycles. The number of hydrogen-bond acceptors (Lipinski definition) is 0. The molecule has 0 heterocycles. The molecule has 28 heavy (non-hydrogen) atoms. The van der Waals surface area contributed by atoms with Crippen molar-refractivity contribution in [2.75, 3.05) is 0 Å². The molecule has 0 nitrogen and oxygen atoms in total. The van der Waals surface area contributed by atoms with Gasteiger partial charge >= 0.3 is 18.9 Å². The van der Waals surface area contributed by atoms with Crippen molar-refractivity contribution in [2.45, 2.75) is 53.2 Å². The number of benzene rings is 2. The van der Waals surface area contributed by atoms with Crippen LogP contribution in [0.5, 0.6) is 0 Å². The first-order valence-corrected chi connectivity index (χ1v) is 10.2. The topological polar surface area (TPSA) is 0 Å². The second-order valence-electron chi connectivity index (χ2n) is 8.48. The molecule has 2 atom stereocenters. The summed E-state index contributed by atoms with van der Waals surface area (Å²) in [6.45, 7) is 13.8. The van der Waals surface area contributed by atoms with Gasteiger partial charge in [0.05, 0.1) is 0 Å². The van der Waals surface area contributed by atoms with E-state index in [9.17, 15) is 0 Å². The molecular formula is C26H32BLi. The maximum absolute atomic E-state index is 3.72. The summed E-state index contributed by atoms with van der Waals surface area (Å²) >= 11 is 0. The van der Waals surface area contributed by atoms with Crippen molar-refractivity contribution in [2.24, 2.45) is 11.8 Å². The third-order valence-corrected chi connectivity index (χ3v) is 6.22. The van der Waals surface area contributed by atoms with Crippen LogP contribution in [-0.2, 0) is 0 Å². The van der Waals surface area contributed by atoms with Crippen LogP contribution in [0.1, 0.15) is 52.7 Å². The van der Waals surface area contributed by atoms with Gasteiger partial charge in [-0.25, -0.2) is 0 Å². The van der Waals surface area contributed by atoms with Gasteiger partial charge in [-0.05, 0) is 24.3 Å². The molecule has 0 bridgehead atoms. The maximum atomic E-state index is 3.72. The first-order valence-electron chi connectivity index (χ1n) is 10.2. The van der Waals surface area contributed by atoms with E-state index in [2.05, 4.69) is 89.3 Å². The van der Waals surface area contributed by atoms with Crippen LogP contribution in [0.2, 0.25) is 11.6 Å². The van der Waals surface area contributed by atoms with Crippen molar-refractivity contribution in [1.29, 1.82) is 0 Å². The second-order valence-corrected chi connectivity index (χ2v) is 8.48. The van der Waals surface area contributed by atoms with Crippen LogP contribution in [0.4, 0.5) is 0 Å². The fourth-order valence-corrected chi connectivity index (χ4v) is 3.70. The molecule has 2 aromatic rings. The summed E-state index contributed by atoms with van der Waals surface area (Å²) in [6.07, 6.45) is -1.19. The van der Waals surface area contributed by atoms with Crippen LogP contribution >= 0.6 is 0 Å². The fraction of sp³-hybridized carbons (Fsp3) is 0.385. The van der Waals surface area contributed by atoms with E-state index in [1.807, 2.05) is 36.4 Å². The monoisotopic (exact) mass is 362 g/mol. The Morgan fingerprint density at radius 2 is 0.893 bits per heavy atom. The van der Waals surface area contributed by atoms with E-state index in [0.717, 1.165) is 11.1 Å². The van der Waals surface area contributed by atoms with Gasteiger partial charge in [-0.15, -0.1) is 23.5 Å². The molecule has 0 aliphatic heterocycles. The van der Waals surface area contributed by atoms with Gasteiger partial charge in [0.1, 0.15) is 6.15 Å². The maximum Gasteiger partial charge on any atom is 1.00 e. The quantitative estimate of drug-likeness (QED) is 0.575. The van der Waals surface area contributed by atoms with Crippen LogP contribution in [0.15, 0.2) is 60.7 Å². The molecule has 0 aliphatic rings. The van der Waals surface area contributed by atoms with Crippen LogP contribution in [-0.4, -0.2) is 6.15 Å². The Labute approximate surface area is 185 Å². The van der Waals surface area contributed by atoms with Crippen molar-refractivity contribution in [3.8, 4) is 23.5 Å². The molecule has 2 aromatic carbocycles. The van der Waals surface area contributed by atoms with Gasteiger partial charge < -0.3 is 0 Å². The SMILES string of the molecule is CC(C)C(C)[B-](C#Cc1ccccc1)(C#Cc1ccccc1)C(C)C(C)C.[Li+]. The van der Waals surface area contributed by atoms with Crippen molar-refractivity contribution in [3.05, 3.63) is 71.8 Å². The zero-order valence-corrected chi connectivity index (χ0v) is 18.7.